The highest BCUT2D eigenvalue weighted by molar-refractivity contribution is 5.97. The molecule has 8 nitrogen and oxygen atoms in total. The van der Waals surface area contributed by atoms with Crippen molar-refractivity contribution < 1.29 is 0 Å². The molecule has 3 aromatic rings. The molecule has 3 rings (SSSR count). The van der Waals surface area contributed by atoms with E-state index in [-0.39, 0.29) is 21.5 Å². The van der Waals surface area contributed by atoms with E-state index in [1.165, 1.54) is 21.3 Å². The van der Waals surface area contributed by atoms with Gasteiger partial charge in [0, 0.05) is 13.1 Å². The lowest BCUT2D eigenvalue weighted by molar-refractivity contribution is 0.384. The Kier molecular flexibility index (Phi) is 5.62. The first-order valence-corrected chi connectivity index (χ1v) is 9.42. The maximum Gasteiger partial charge on any atom is 0.261 e. The first-order chi connectivity index (χ1) is 13.2. The minimum absolute atomic E-state index is 0.213. The summed E-state index contributed by atoms with van der Waals surface area (Å²) in [6, 6.07) is 2.84. The van der Waals surface area contributed by atoms with Crippen molar-refractivity contribution >= 4 is 21.5 Å². The third-order valence-corrected chi connectivity index (χ3v) is 5.03. The molecule has 0 N–H and O–H groups in total. The molecule has 28 heavy (non-hydrogen) atoms. The maximum atomic E-state index is 12.7. The Balaban J connectivity index is 2.06. The van der Waals surface area contributed by atoms with Gasteiger partial charge in [0.05, 0.1) is 21.5 Å². The fraction of sp³-hybridized carbons (Fsp3) is 0.500. The standard InChI is InChI=1S/C20H26N4O4/c1-21(2)7-5-9-23-17(25)13-11-15-16(12-14(13)18(23)26)20(28)24(19(15)27)10-6-8-22(3)4/h11-12H,5-10H2,1-4H3. The van der Waals surface area contributed by atoms with Crippen LogP contribution in [0.4, 0.5) is 0 Å². The summed E-state index contributed by atoms with van der Waals surface area (Å²) in [4.78, 5) is 54.7. The number of rotatable bonds is 8. The number of hydrogen-bond acceptors (Lipinski definition) is 6. The number of benzene rings is 1. The van der Waals surface area contributed by atoms with E-state index >= 15 is 0 Å². The lowest BCUT2D eigenvalue weighted by atomic mass is 10.1. The van der Waals surface area contributed by atoms with Crippen LogP contribution in [0.1, 0.15) is 12.8 Å². The summed E-state index contributed by atoms with van der Waals surface area (Å²) in [5, 5.41) is 0.851. The van der Waals surface area contributed by atoms with Gasteiger partial charge in [-0.25, -0.2) is 0 Å². The van der Waals surface area contributed by atoms with E-state index in [1.807, 2.05) is 38.0 Å². The van der Waals surface area contributed by atoms with Crippen LogP contribution in [-0.2, 0) is 13.1 Å². The summed E-state index contributed by atoms with van der Waals surface area (Å²) < 4.78 is 2.40. The highest BCUT2D eigenvalue weighted by Gasteiger charge is 2.19. The zero-order valence-electron chi connectivity index (χ0n) is 16.8. The van der Waals surface area contributed by atoms with Crippen LogP contribution in [0, 0.1) is 0 Å². The topological polar surface area (TPSA) is 84.6 Å². The van der Waals surface area contributed by atoms with Crippen LogP contribution < -0.4 is 22.2 Å². The van der Waals surface area contributed by atoms with E-state index in [1.54, 1.807) is 0 Å². The zero-order valence-corrected chi connectivity index (χ0v) is 16.8. The van der Waals surface area contributed by atoms with Gasteiger partial charge in [0.2, 0.25) is 0 Å². The second-order valence-corrected chi connectivity index (χ2v) is 7.78. The SMILES string of the molecule is CN(C)CCCn1c(=O)c2cc3c(=O)n(CCCN(C)C)c(=O)c3cc2c1=O. The lowest BCUT2D eigenvalue weighted by Crippen LogP contribution is -2.28. The van der Waals surface area contributed by atoms with Crippen molar-refractivity contribution in [1.82, 2.24) is 18.9 Å². The van der Waals surface area contributed by atoms with Crippen molar-refractivity contribution in [2.45, 2.75) is 25.9 Å². The third-order valence-electron chi connectivity index (χ3n) is 5.03. The van der Waals surface area contributed by atoms with Gasteiger partial charge in [-0.05, 0) is 66.3 Å². The maximum absolute atomic E-state index is 12.7. The van der Waals surface area contributed by atoms with Crippen LogP contribution in [0.15, 0.2) is 31.3 Å². The Morgan fingerprint density at radius 1 is 0.607 bits per heavy atom. The predicted octanol–water partition coefficient (Wildman–Crippen LogP) is -0.184. The lowest BCUT2D eigenvalue weighted by Gasteiger charge is -2.08. The van der Waals surface area contributed by atoms with Gasteiger partial charge < -0.3 is 9.80 Å². The average Bonchev–Trinajstić information content (AvgIpc) is 3.00. The smallest absolute Gasteiger partial charge is 0.261 e. The zero-order chi connectivity index (χ0) is 20.6. The highest BCUT2D eigenvalue weighted by atomic mass is 16.2. The molecule has 2 heterocycles. The van der Waals surface area contributed by atoms with Gasteiger partial charge in [-0.1, -0.05) is 0 Å². The van der Waals surface area contributed by atoms with E-state index < -0.39 is 22.2 Å². The molecule has 0 radical (unpaired) electrons. The van der Waals surface area contributed by atoms with Crippen LogP contribution in [-0.4, -0.2) is 60.2 Å². The van der Waals surface area contributed by atoms with Crippen molar-refractivity contribution in [3.05, 3.63) is 53.5 Å². The van der Waals surface area contributed by atoms with Crippen LogP contribution in [0.2, 0.25) is 0 Å². The summed E-state index contributed by atoms with van der Waals surface area (Å²) in [6.45, 7) is 2.13. The molecule has 0 saturated heterocycles. The Labute approximate surface area is 161 Å². The molecular weight excluding hydrogens is 360 g/mol. The molecule has 0 spiro atoms. The Morgan fingerprint density at radius 3 is 1.14 bits per heavy atom. The van der Waals surface area contributed by atoms with Crippen LogP contribution >= 0.6 is 0 Å². The van der Waals surface area contributed by atoms with Gasteiger partial charge in [-0.2, -0.15) is 0 Å². The summed E-state index contributed by atoms with van der Waals surface area (Å²) in [5.41, 5.74) is -1.58. The van der Waals surface area contributed by atoms with Crippen molar-refractivity contribution in [2.75, 3.05) is 41.3 Å². The third kappa shape index (κ3) is 3.57. The molecule has 0 saturated carbocycles. The normalized spacial score (nSPS) is 12.2. The van der Waals surface area contributed by atoms with Gasteiger partial charge in [-0.15, -0.1) is 0 Å². The molecule has 0 aliphatic rings. The molecule has 0 unspecified atom stereocenters. The van der Waals surface area contributed by atoms with Crippen molar-refractivity contribution in [3.8, 4) is 0 Å². The van der Waals surface area contributed by atoms with Gasteiger partial charge in [0.15, 0.2) is 0 Å². The Hall–Kier alpha value is -2.58. The summed E-state index contributed by atoms with van der Waals surface area (Å²) >= 11 is 0. The first-order valence-electron chi connectivity index (χ1n) is 9.42. The number of hydrogen-bond donors (Lipinski definition) is 0. The molecule has 8 heteroatoms. The van der Waals surface area contributed by atoms with E-state index in [0.29, 0.717) is 25.9 Å². The largest absolute Gasteiger partial charge is 0.309 e. The van der Waals surface area contributed by atoms with E-state index in [0.717, 1.165) is 13.1 Å². The van der Waals surface area contributed by atoms with Gasteiger partial charge in [0.25, 0.3) is 22.2 Å². The van der Waals surface area contributed by atoms with Crippen LogP contribution in [0.25, 0.3) is 21.5 Å². The summed E-state index contributed by atoms with van der Waals surface area (Å²) in [7, 11) is 7.70. The van der Waals surface area contributed by atoms with Gasteiger partial charge >= 0.3 is 0 Å². The molecule has 150 valence electrons. The number of nitrogens with zero attached hydrogens (tertiary/aromatic N) is 4. The molecule has 0 fully saturated rings. The van der Waals surface area contributed by atoms with Crippen molar-refractivity contribution in [3.63, 3.8) is 0 Å². The molecule has 0 aliphatic carbocycles. The quantitative estimate of drug-likeness (QED) is 0.534. The molecule has 2 aromatic heterocycles. The number of aromatic nitrogens is 2. The monoisotopic (exact) mass is 386 g/mol. The predicted molar refractivity (Wildman–Crippen MR) is 111 cm³/mol. The van der Waals surface area contributed by atoms with Crippen molar-refractivity contribution in [1.29, 1.82) is 0 Å². The van der Waals surface area contributed by atoms with Crippen molar-refractivity contribution in [2.24, 2.45) is 0 Å². The first kappa shape index (κ1) is 20.2. The molecule has 0 atom stereocenters. The molecular formula is C20H26N4O4. The second-order valence-electron chi connectivity index (χ2n) is 7.78. The minimum atomic E-state index is -0.395. The molecule has 0 bridgehead atoms. The molecule has 0 amide bonds. The van der Waals surface area contributed by atoms with E-state index in [2.05, 4.69) is 0 Å². The van der Waals surface area contributed by atoms with Gasteiger partial charge in [-0.3, -0.25) is 28.3 Å². The second kappa shape index (κ2) is 7.81. The summed E-state index contributed by atoms with van der Waals surface area (Å²) in [5.74, 6) is 0. The van der Waals surface area contributed by atoms with Crippen LogP contribution in [0.5, 0.6) is 0 Å². The highest BCUT2D eigenvalue weighted by Crippen LogP contribution is 2.14. The fourth-order valence-electron chi connectivity index (χ4n) is 3.57. The van der Waals surface area contributed by atoms with E-state index in [9.17, 15) is 19.2 Å². The number of fused-ring (bicyclic) bond motifs is 2. The minimum Gasteiger partial charge on any atom is -0.309 e. The average molecular weight is 386 g/mol. The molecule has 1 aromatic carbocycles. The van der Waals surface area contributed by atoms with Crippen LogP contribution in [0.3, 0.4) is 0 Å². The Bertz CT molecular complexity index is 1040. The van der Waals surface area contributed by atoms with Gasteiger partial charge in [0.1, 0.15) is 0 Å². The summed E-state index contributed by atoms with van der Waals surface area (Å²) in [6.07, 6.45) is 1.32. The molecule has 0 aliphatic heterocycles. The van der Waals surface area contributed by atoms with E-state index in [4.69, 9.17) is 0 Å². The Morgan fingerprint density at radius 2 is 0.893 bits per heavy atom. The fourth-order valence-corrected chi connectivity index (χ4v) is 3.57.